The maximum Gasteiger partial charge on any atom is 0.305 e. The lowest BCUT2D eigenvalue weighted by Gasteiger charge is -2.12. The second kappa shape index (κ2) is 9.04. The first-order valence-electron chi connectivity index (χ1n) is 9.32. The fraction of sp³-hybridized carbons (Fsp3) is 0.136. The Hall–Kier alpha value is -2.32. The molecule has 5 nitrogen and oxygen atoms in total. The fourth-order valence-corrected chi connectivity index (χ4v) is 5.16. The van der Waals surface area contributed by atoms with Crippen molar-refractivity contribution in [1.29, 1.82) is 0 Å². The molecule has 0 saturated carbocycles. The number of benzene rings is 2. The van der Waals surface area contributed by atoms with Crippen molar-refractivity contribution in [2.75, 3.05) is 6.54 Å². The van der Waals surface area contributed by atoms with Crippen LogP contribution in [0, 0.1) is 0 Å². The Balaban J connectivity index is 1.68. The molecule has 31 heavy (non-hydrogen) atoms. The predicted molar refractivity (Wildman–Crippen MR) is 130 cm³/mol. The van der Waals surface area contributed by atoms with Crippen LogP contribution < -0.4 is 0 Å². The van der Waals surface area contributed by atoms with Crippen LogP contribution in [0.2, 0.25) is 10.0 Å². The zero-order chi connectivity index (χ0) is 22.1. The molecule has 0 bridgehead atoms. The smallest absolute Gasteiger partial charge is 0.305 e. The number of carboxylic acids is 1. The first-order valence-corrected chi connectivity index (χ1v) is 11.3. The van der Waals surface area contributed by atoms with Crippen LogP contribution >= 0.6 is 47.2 Å². The number of rotatable bonds is 6. The van der Waals surface area contributed by atoms with Crippen LogP contribution in [-0.2, 0) is 16.1 Å². The van der Waals surface area contributed by atoms with Gasteiger partial charge in [-0.2, -0.15) is 0 Å². The van der Waals surface area contributed by atoms with Crippen molar-refractivity contribution in [2.45, 2.75) is 13.0 Å². The van der Waals surface area contributed by atoms with Gasteiger partial charge in [-0.25, -0.2) is 0 Å². The first-order chi connectivity index (χ1) is 14.8. The number of aromatic nitrogens is 1. The highest BCUT2D eigenvalue weighted by Gasteiger charge is 2.32. The molecule has 3 aromatic rings. The number of carbonyl (C=O) groups is 2. The summed E-state index contributed by atoms with van der Waals surface area (Å²) < 4.78 is 2.44. The van der Waals surface area contributed by atoms with Crippen molar-refractivity contribution in [1.82, 2.24) is 9.47 Å². The quantitative estimate of drug-likeness (QED) is 0.356. The third-order valence-electron chi connectivity index (χ3n) is 4.88. The van der Waals surface area contributed by atoms with Crippen LogP contribution in [0.5, 0.6) is 0 Å². The molecule has 2 heterocycles. The SMILES string of the molecule is O=C(O)CCN1C(=O)/C(=C\c2cn(Cc3ccc(Cl)cc3Cl)c3ccccc23)SC1=S. The number of hydrogen-bond donors (Lipinski definition) is 1. The minimum Gasteiger partial charge on any atom is -0.481 e. The highest BCUT2D eigenvalue weighted by molar-refractivity contribution is 8.26. The lowest BCUT2D eigenvalue weighted by Crippen LogP contribution is -2.30. The van der Waals surface area contributed by atoms with Gasteiger partial charge in [0.2, 0.25) is 0 Å². The summed E-state index contributed by atoms with van der Waals surface area (Å²) in [5.74, 6) is -1.24. The number of hydrogen-bond acceptors (Lipinski definition) is 4. The number of para-hydroxylation sites is 1. The number of carboxylic acid groups (broad SMARTS) is 1. The predicted octanol–water partition coefficient (Wildman–Crippen LogP) is 5.67. The van der Waals surface area contributed by atoms with Gasteiger partial charge in [0.1, 0.15) is 4.32 Å². The van der Waals surface area contributed by atoms with Crippen molar-refractivity contribution in [3.05, 3.63) is 74.7 Å². The largest absolute Gasteiger partial charge is 0.481 e. The molecule has 1 aromatic heterocycles. The third-order valence-corrected chi connectivity index (χ3v) is 6.85. The fourth-order valence-electron chi connectivity index (χ4n) is 3.40. The van der Waals surface area contributed by atoms with Gasteiger partial charge >= 0.3 is 5.97 Å². The molecule has 158 valence electrons. The van der Waals surface area contributed by atoms with E-state index in [0.717, 1.165) is 22.0 Å². The van der Waals surface area contributed by atoms with Gasteiger partial charge in [-0.15, -0.1) is 0 Å². The van der Waals surface area contributed by atoms with E-state index in [9.17, 15) is 9.59 Å². The molecule has 1 saturated heterocycles. The van der Waals surface area contributed by atoms with E-state index >= 15 is 0 Å². The Morgan fingerprint density at radius 1 is 1.19 bits per heavy atom. The summed E-state index contributed by atoms with van der Waals surface area (Å²) in [6, 6.07) is 13.3. The molecule has 1 aliphatic heterocycles. The maximum atomic E-state index is 12.8. The van der Waals surface area contributed by atoms with E-state index in [-0.39, 0.29) is 18.9 Å². The van der Waals surface area contributed by atoms with Crippen LogP contribution in [0.25, 0.3) is 17.0 Å². The standard InChI is InChI=1S/C22H16Cl2N2O3S2/c23-15-6-5-13(17(24)10-15)11-25-12-14(16-3-1-2-4-18(16)25)9-19-21(29)26(22(30)31-19)8-7-20(27)28/h1-6,9-10,12H,7-8,11H2,(H,27,28)/b19-9+. The Morgan fingerprint density at radius 3 is 2.71 bits per heavy atom. The monoisotopic (exact) mass is 490 g/mol. The number of thiocarbonyl (C=S) groups is 1. The second-order valence-corrected chi connectivity index (χ2v) is 9.46. The van der Waals surface area contributed by atoms with Crippen molar-refractivity contribution in [2.24, 2.45) is 0 Å². The van der Waals surface area contributed by atoms with Gasteiger partial charge in [-0.3, -0.25) is 14.5 Å². The van der Waals surface area contributed by atoms with Crippen LogP contribution in [0.3, 0.4) is 0 Å². The van der Waals surface area contributed by atoms with Crippen molar-refractivity contribution in [3.63, 3.8) is 0 Å². The Kier molecular flexibility index (Phi) is 6.39. The lowest BCUT2D eigenvalue weighted by atomic mass is 10.1. The number of aliphatic carboxylic acids is 1. The van der Waals surface area contributed by atoms with E-state index in [2.05, 4.69) is 4.57 Å². The highest BCUT2D eigenvalue weighted by atomic mass is 35.5. The van der Waals surface area contributed by atoms with E-state index in [4.69, 9.17) is 40.5 Å². The number of thioether (sulfide) groups is 1. The lowest BCUT2D eigenvalue weighted by molar-refractivity contribution is -0.137. The maximum absolute atomic E-state index is 12.8. The summed E-state index contributed by atoms with van der Waals surface area (Å²) in [7, 11) is 0. The molecule has 1 amide bonds. The van der Waals surface area contributed by atoms with Crippen molar-refractivity contribution < 1.29 is 14.7 Å². The normalized spacial score (nSPS) is 15.4. The molecule has 2 aromatic carbocycles. The van der Waals surface area contributed by atoms with E-state index in [1.54, 1.807) is 12.1 Å². The topological polar surface area (TPSA) is 62.5 Å². The average molecular weight is 491 g/mol. The van der Waals surface area contributed by atoms with E-state index < -0.39 is 5.97 Å². The molecule has 4 rings (SSSR count). The van der Waals surface area contributed by atoms with Gasteiger partial charge in [0, 0.05) is 45.8 Å². The van der Waals surface area contributed by atoms with Crippen molar-refractivity contribution >= 4 is 80.4 Å². The molecule has 0 spiro atoms. The minimum absolute atomic E-state index is 0.0637. The van der Waals surface area contributed by atoms with Gasteiger partial charge in [-0.1, -0.05) is 71.4 Å². The van der Waals surface area contributed by atoms with Gasteiger partial charge in [0.05, 0.1) is 11.3 Å². The number of nitrogens with zero attached hydrogens (tertiary/aromatic N) is 2. The van der Waals surface area contributed by atoms with E-state index in [1.807, 2.05) is 42.6 Å². The molecule has 0 atom stereocenters. The minimum atomic E-state index is -0.970. The van der Waals surface area contributed by atoms with Gasteiger partial charge in [0.25, 0.3) is 5.91 Å². The third kappa shape index (κ3) is 4.65. The number of fused-ring (bicyclic) bond motifs is 1. The molecule has 0 aliphatic carbocycles. The molecule has 9 heteroatoms. The number of carbonyl (C=O) groups excluding carboxylic acids is 1. The number of halogens is 2. The van der Waals surface area contributed by atoms with Crippen molar-refractivity contribution in [3.8, 4) is 0 Å². The van der Waals surface area contributed by atoms with E-state index in [0.29, 0.717) is 25.8 Å². The van der Waals surface area contributed by atoms with Crippen LogP contribution in [-0.4, -0.2) is 37.3 Å². The molecule has 1 fully saturated rings. The van der Waals surface area contributed by atoms with Gasteiger partial charge in [-0.05, 0) is 29.8 Å². The molecule has 0 unspecified atom stereocenters. The summed E-state index contributed by atoms with van der Waals surface area (Å²) in [5, 5.41) is 11.1. The molecule has 1 aliphatic rings. The van der Waals surface area contributed by atoms with E-state index in [1.165, 1.54) is 16.7 Å². The summed E-state index contributed by atoms with van der Waals surface area (Å²) >= 11 is 18.8. The Labute approximate surface area is 198 Å². The zero-order valence-corrected chi connectivity index (χ0v) is 19.2. The zero-order valence-electron chi connectivity index (χ0n) is 16.0. The second-order valence-electron chi connectivity index (χ2n) is 6.94. The number of amides is 1. The average Bonchev–Trinajstić information content (AvgIpc) is 3.20. The van der Waals surface area contributed by atoms with Gasteiger partial charge in [0.15, 0.2) is 0 Å². The summed E-state index contributed by atoms with van der Waals surface area (Å²) in [6.45, 7) is 0.609. The summed E-state index contributed by atoms with van der Waals surface area (Å²) in [4.78, 5) is 25.4. The molecule has 0 radical (unpaired) electrons. The molecule has 1 N–H and O–H groups in total. The van der Waals surface area contributed by atoms with Crippen LogP contribution in [0.15, 0.2) is 53.6 Å². The first kappa shape index (κ1) is 21.9. The highest BCUT2D eigenvalue weighted by Crippen LogP contribution is 2.35. The van der Waals surface area contributed by atoms with Crippen LogP contribution in [0.4, 0.5) is 0 Å². The summed E-state index contributed by atoms with van der Waals surface area (Å²) in [5.41, 5.74) is 2.80. The molecular formula is C22H16Cl2N2O3S2. The Bertz CT molecular complexity index is 1250. The Morgan fingerprint density at radius 2 is 1.97 bits per heavy atom. The van der Waals surface area contributed by atoms with Gasteiger partial charge < -0.3 is 9.67 Å². The summed E-state index contributed by atoms with van der Waals surface area (Å²) in [6.07, 6.45) is 3.63. The van der Waals surface area contributed by atoms with Crippen LogP contribution in [0.1, 0.15) is 17.5 Å². The molecular weight excluding hydrogens is 475 g/mol.